The molecule has 1 amide bonds. The van der Waals surface area contributed by atoms with E-state index in [9.17, 15) is 4.79 Å². The van der Waals surface area contributed by atoms with Crippen molar-refractivity contribution >= 4 is 5.91 Å². The molecule has 4 rings (SSSR count). The molecule has 0 bridgehead atoms. The van der Waals surface area contributed by atoms with Crippen molar-refractivity contribution in [3.8, 4) is 0 Å². The first kappa shape index (κ1) is 21.7. The number of aromatic amines is 1. The lowest BCUT2D eigenvalue weighted by atomic mass is 9.61. The second-order valence-corrected chi connectivity index (χ2v) is 9.27. The van der Waals surface area contributed by atoms with Crippen molar-refractivity contribution in [2.24, 2.45) is 11.3 Å². The van der Waals surface area contributed by atoms with Crippen LogP contribution in [-0.2, 0) is 16.1 Å². The Labute approximate surface area is 179 Å². The summed E-state index contributed by atoms with van der Waals surface area (Å²) in [6.45, 7) is 8.91. The van der Waals surface area contributed by atoms with E-state index in [2.05, 4.69) is 25.1 Å². The molecule has 1 aliphatic carbocycles. The molecule has 30 heavy (non-hydrogen) atoms. The monoisotopic (exact) mass is 419 g/mol. The third-order valence-corrected chi connectivity index (χ3v) is 7.32. The summed E-state index contributed by atoms with van der Waals surface area (Å²) in [6, 6.07) is 0.566. The minimum absolute atomic E-state index is 0.111. The van der Waals surface area contributed by atoms with E-state index in [1.807, 2.05) is 13.1 Å². The standard InChI is InChI=1S/C22H37N5O3/c1-17-14-24-20(25-17)15-26-7-4-18-13-19(27-8-11-30-12-9-27)3-5-22(18,16-26)21(29)23-6-2-10-28/h14,18-19,28H,2-13,15-16H2,1H3,(H,23,29)(H,24,25)/t18-,19-,22-/m1/s1. The van der Waals surface area contributed by atoms with E-state index >= 15 is 0 Å². The molecule has 2 aliphatic heterocycles. The average molecular weight is 420 g/mol. The summed E-state index contributed by atoms with van der Waals surface area (Å²) in [7, 11) is 0. The molecule has 168 valence electrons. The number of aliphatic hydroxyl groups excluding tert-OH is 1. The van der Waals surface area contributed by atoms with Crippen molar-refractivity contribution < 1.29 is 14.6 Å². The topological polar surface area (TPSA) is 93.7 Å². The van der Waals surface area contributed by atoms with E-state index in [-0.39, 0.29) is 17.9 Å². The van der Waals surface area contributed by atoms with Crippen LogP contribution in [0.25, 0.3) is 0 Å². The summed E-state index contributed by atoms with van der Waals surface area (Å²) in [4.78, 5) is 26.2. The van der Waals surface area contributed by atoms with Gasteiger partial charge in [0.25, 0.3) is 0 Å². The summed E-state index contributed by atoms with van der Waals surface area (Å²) >= 11 is 0. The van der Waals surface area contributed by atoms with Crippen molar-refractivity contribution in [3.63, 3.8) is 0 Å². The van der Waals surface area contributed by atoms with Crippen LogP contribution in [0.15, 0.2) is 6.20 Å². The highest BCUT2D eigenvalue weighted by Gasteiger charge is 2.52. The molecular weight excluding hydrogens is 382 g/mol. The Morgan fingerprint density at radius 2 is 2.20 bits per heavy atom. The highest BCUT2D eigenvalue weighted by atomic mass is 16.5. The molecule has 0 radical (unpaired) electrons. The summed E-state index contributed by atoms with van der Waals surface area (Å²) in [6.07, 6.45) is 6.62. The number of piperidine rings is 1. The first-order valence-electron chi connectivity index (χ1n) is 11.5. The maximum Gasteiger partial charge on any atom is 0.227 e. The van der Waals surface area contributed by atoms with Crippen LogP contribution in [0.2, 0.25) is 0 Å². The second kappa shape index (κ2) is 9.77. The van der Waals surface area contributed by atoms with Crippen molar-refractivity contribution in [3.05, 3.63) is 17.7 Å². The van der Waals surface area contributed by atoms with Gasteiger partial charge in [-0.2, -0.15) is 0 Å². The number of aliphatic hydroxyl groups is 1. The number of aryl methyl sites for hydroxylation is 1. The summed E-state index contributed by atoms with van der Waals surface area (Å²) < 4.78 is 5.54. The Bertz CT molecular complexity index is 705. The minimum atomic E-state index is -0.335. The van der Waals surface area contributed by atoms with Gasteiger partial charge in [0.1, 0.15) is 5.82 Å². The molecule has 3 N–H and O–H groups in total. The maximum absolute atomic E-state index is 13.4. The molecule has 8 heteroatoms. The number of hydrogen-bond donors (Lipinski definition) is 3. The normalized spacial score (nSPS) is 30.7. The number of carbonyl (C=O) groups excluding carboxylic acids is 1. The lowest BCUT2D eigenvalue weighted by Crippen LogP contribution is -2.60. The number of likely N-dealkylation sites (tertiary alicyclic amines) is 1. The second-order valence-electron chi connectivity index (χ2n) is 9.27. The molecular formula is C22H37N5O3. The Morgan fingerprint density at radius 3 is 2.93 bits per heavy atom. The van der Waals surface area contributed by atoms with Crippen molar-refractivity contribution in [2.75, 3.05) is 52.5 Å². The molecule has 3 heterocycles. The van der Waals surface area contributed by atoms with Crippen LogP contribution in [0.3, 0.4) is 0 Å². The number of nitrogens with zero attached hydrogens (tertiary/aromatic N) is 3. The maximum atomic E-state index is 13.4. The van der Waals surface area contributed by atoms with Gasteiger partial charge in [0.15, 0.2) is 0 Å². The van der Waals surface area contributed by atoms with Gasteiger partial charge in [-0.25, -0.2) is 4.98 Å². The zero-order valence-electron chi connectivity index (χ0n) is 18.2. The number of hydrogen-bond acceptors (Lipinski definition) is 6. The Morgan fingerprint density at radius 1 is 1.37 bits per heavy atom. The quantitative estimate of drug-likeness (QED) is 0.569. The van der Waals surface area contributed by atoms with E-state index in [0.29, 0.717) is 24.9 Å². The first-order chi connectivity index (χ1) is 14.6. The predicted octanol–water partition coefficient (Wildman–Crippen LogP) is 0.910. The van der Waals surface area contributed by atoms with Gasteiger partial charge in [0.2, 0.25) is 5.91 Å². The highest BCUT2D eigenvalue weighted by molar-refractivity contribution is 5.83. The predicted molar refractivity (Wildman–Crippen MR) is 114 cm³/mol. The number of nitrogens with one attached hydrogen (secondary N) is 2. The van der Waals surface area contributed by atoms with Crippen molar-refractivity contribution in [2.45, 2.75) is 51.6 Å². The van der Waals surface area contributed by atoms with Crippen LogP contribution >= 0.6 is 0 Å². The summed E-state index contributed by atoms with van der Waals surface area (Å²) in [5, 5.41) is 12.3. The number of amides is 1. The lowest BCUT2D eigenvalue weighted by Gasteiger charge is -2.53. The van der Waals surface area contributed by atoms with Gasteiger partial charge in [-0.3, -0.25) is 14.6 Å². The fourth-order valence-electron chi connectivity index (χ4n) is 5.71. The molecule has 1 saturated carbocycles. The molecule has 0 spiro atoms. The molecule has 3 aliphatic rings. The zero-order valence-corrected chi connectivity index (χ0v) is 18.2. The largest absolute Gasteiger partial charge is 0.396 e. The molecule has 3 fully saturated rings. The Balaban J connectivity index is 1.47. The van der Waals surface area contributed by atoms with Gasteiger partial charge >= 0.3 is 0 Å². The number of imidazole rings is 1. The third kappa shape index (κ3) is 4.72. The summed E-state index contributed by atoms with van der Waals surface area (Å²) in [5.41, 5.74) is 0.736. The van der Waals surface area contributed by atoms with Gasteiger partial charge < -0.3 is 20.1 Å². The molecule has 1 aromatic heterocycles. The van der Waals surface area contributed by atoms with E-state index in [1.54, 1.807) is 0 Å². The van der Waals surface area contributed by atoms with Gasteiger partial charge in [-0.1, -0.05) is 0 Å². The highest BCUT2D eigenvalue weighted by Crippen LogP contribution is 2.48. The van der Waals surface area contributed by atoms with E-state index in [1.165, 1.54) is 0 Å². The van der Waals surface area contributed by atoms with Gasteiger partial charge in [-0.05, 0) is 51.5 Å². The van der Waals surface area contributed by atoms with Crippen molar-refractivity contribution in [1.82, 2.24) is 25.1 Å². The van der Waals surface area contributed by atoms with E-state index in [4.69, 9.17) is 9.84 Å². The number of carbonyl (C=O) groups is 1. The number of fused-ring (bicyclic) bond motifs is 1. The van der Waals surface area contributed by atoms with Gasteiger partial charge in [0, 0.05) is 50.7 Å². The van der Waals surface area contributed by atoms with Crippen LogP contribution in [0.1, 0.15) is 43.6 Å². The number of H-pyrrole nitrogens is 1. The SMILES string of the molecule is Cc1cnc(CN2CC[C@@H]3C[C@H](N4CCOCC4)CC[C@@]3(C(=O)NCCCO)C2)[nH]1. The first-order valence-corrected chi connectivity index (χ1v) is 11.5. The van der Waals surface area contributed by atoms with E-state index in [0.717, 1.165) is 83.1 Å². The van der Waals surface area contributed by atoms with E-state index < -0.39 is 0 Å². The lowest BCUT2D eigenvalue weighted by molar-refractivity contribution is -0.145. The number of morpholine rings is 1. The molecule has 0 unspecified atom stereocenters. The fourth-order valence-corrected chi connectivity index (χ4v) is 5.71. The van der Waals surface area contributed by atoms with Crippen LogP contribution in [-0.4, -0.2) is 89.4 Å². The number of ether oxygens (including phenoxy) is 1. The molecule has 2 saturated heterocycles. The fraction of sp³-hybridized carbons (Fsp3) is 0.818. The summed E-state index contributed by atoms with van der Waals surface area (Å²) in [5.74, 6) is 1.56. The van der Waals surface area contributed by atoms with Crippen LogP contribution in [0.4, 0.5) is 0 Å². The number of rotatable bonds is 7. The number of aromatic nitrogens is 2. The Kier molecular flexibility index (Phi) is 7.08. The average Bonchev–Trinajstić information content (AvgIpc) is 3.18. The molecule has 8 nitrogen and oxygen atoms in total. The Hall–Kier alpha value is -1.48. The molecule has 0 aromatic carbocycles. The molecule has 1 aromatic rings. The van der Waals surface area contributed by atoms with Crippen LogP contribution in [0.5, 0.6) is 0 Å². The zero-order chi connectivity index (χ0) is 21.0. The smallest absolute Gasteiger partial charge is 0.227 e. The van der Waals surface area contributed by atoms with Crippen molar-refractivity contribution in [1.29, 1.82) is 0 Å². The van der Waals surface area contributed by atoms with Gasteiger partial charge in [-0.15, -0.1) is 0 Å². The minimum Gasteiger partial charge on any atom is -0.396 e. The third-order valence-electron chi connectivity index (χ3n) is 7.32. The van der Waals surface area contributed by atoms with Gasteiger partial charge in [0.05, 0.1) is 25.2 Å². The molecule has 3 atom stereocenters. The van der Waals surface area contributed by atoms with Crippen LogP contribution in [0, 0.1) is 18.3 Å². The van der Waals surface area contributed by atoms with Crippen LogP contribution < -0.4 is 5.32 Å².